The van der Waals surface area contributed by atoms with Crippen molar-refractivity contribution in [1.29, 1.82) is 0 Å². The average Bonchev–Trinajstić information content (AvgIpc) is 2.29. The van der Waals surface area contributed by atoms with Crippen molar-refractivity contribution in [2.45, 2.75) is 20.0 Å². The first-order chi connectivity index (χ1) is 8.74. The van der Waals surface area contributed by atoms with Crippen molar-refractivity contribution < 1.29 is 18.0 Å². The Kier molecular flexibility index (Phi) is 5.40. The third-order valence-corrected chi connectivity index (χ3v) is 3.12. The van der Waals surface area contributed by atoms with E-state index in [0.717, 1.165) is 16.0 Å². The van der Waals surface area contributed by atoms with Crippen LogP contribution in [-0.4, -0.2) is 35.4 Å². The smallest absolute Gasteiger partial charge is 0.329 e. The topological polar surface area (TPSA) is 20.3 Å². The van der Waals surface area contributed by atoms with E-state index >= 15 is 0 Å². The lowest BCUT2D eigenvalue weighted by Crippen LogP contribution is -2.40. The van der Waals surface area contributed by atoms with Gasteiger partial charge in [-0.2, -0.15) is 13.2 Å². The van der Waals surface area contributed by atoms with Gasteiger partial charge < -0.3 is 4.90 Å². The van der Waals surface area contributed by atoms with Crippen molar-refractivity contribution >= 4 is 21.8 Å². The fourth-order valence-corrected chi connectivity index (χ4v) is 2.06. The highest BCUT2D eigenvalue weighted by atomic mass is 79.9. The van der Waals surface area contributed by atoms with Crippen LogP contribution < -0.4 is 0 Å². The molecule has 1 rings (SSSR count). The molecule has 2 nitrogen and oxygen atoms in total. The number of carbonyl (C=O) groups excluding carboxylic acids is 1. The van der Waals surface area contributed by atoms with Crippen LogP contribution in [0.25, 0.3) is 0 Å². The lowest BCUT2D eigenvalue weighted by atomic mass is 10.1. The van der Waals surface area contributed by atoms with Gasteiger partial charge in [0.05, 0.1) is 0 Å². The minimum Gasteiger partial charge on any atom is -0.329 e. The molecule has 0 aliphatic rings. The molecule has 0 heterocycles. The van der Waals surface area contributed by atoms with Gasteiger partial charge >= 0.3 is 6.18 Å². The molecule has 0 aliphatic heterocycles. The number of alkyl halides is 4. The highest BCUT2D eigenvalue weighted by Crippen LogP contribution is 2.19. The third kappa shape index (κ3) is 4.86. The predicted octanol–water partition coefficient (Wildman–Crippen LogP) is 3.70. The van der Waals surface area contributed by atoms with Gasteiger partial charge in [0.2, 0.25) is 0 Å². The second-order valence-corrected chi connectivity index (χ2v) is 5.12. The van der Waals surface area contributed by atoms with Gasteiger partial charge in [-0.3, -0.25) is 4.79 Å². The highest BCUT2D eigenvalue weighted by molar-refractivity contribution is 9.09. The van der Waals surface area contributed by atoms with E-state index in [9.17, 15) is 18.0 Å². The molecular formula is C13H15BrF3NO. The first-order valence-electron chi connectivity index (χ1n) is 5.74. The molecule has 0 aromatic heterocycles. The van der Waals surface area contributed by atoms with Gasteiger partial charge in [0, 0.05) is 17.4 Å². The number of benzene rings is 1. The van der Waals surface area contributed by atoms with Crippen molar-refractivity contribution in [2.75, 3.05) is 18.4 Å². The Morgan fingerprint density at radius 2 is 1.89 bits per heavy atom. The van der Waals surface area contributed by atoms with Crippen molar-refractivity contribution in [1.82, 2.24) is 4.90 Å². The minimum atomic E-state index is -4.39. The summed E-state index contributed by atoms with van der Waals surface area (Å²) in [5.74, 6) is -0.597. The molecule has 0 spiro atoms. The number of hydrogen-bond donors (Lipinski definition) is 0. The summed E-state index contributed by atoms with van der Waals surface area (Å²) in [4.78, 5) is 12.9. The molecule has 0 bridgehead atoms. The second-order valence-electron chi connectivity index (χ2n) is 4.33. The third-order valence-electron chi connectivity index (χ3n) is 2.77. The molecular weight excluding hydrogens is 323 g/mol. The standard InChI is InChI=1S/C13H15BrF3NO/c1-9-3-4-11(7-10(9)2)12(19)18(6-5-14)8-13(15,16)17/h3-4,7H,5-6,8H2,1-2H3. The number of amides is 1. The maximum Gasteiger partial charge on any atom is 0.406 e. The van der Waals surface area contributed by atoms with Gasteiger partial charge in [-0.25, -0.2) is 0 Å². The molecule has 1 aromatic carbocycles. The zero-order valence-electron chi connectivity index (χ0n) is 10.7. The Labute approximate surface area is 118 Å². The second kappa shape index (κ2) is 6.41. The molecule has 6 heteroatoms. The highest BCUT2D eigenvalue weighted by Gasteiger charge is 2.33. The Morgan fingerprint density at radius 3 is 2.37 bits per heavy atom. The first-order valence-corrected chi connectivity index (χ1v) is 6.86. The van der Waals surface area contributed by atoms with Crippen molar-refractivity contribution in [3.63, 3.8) is 0 Å². The molecule has 106 valence electrons. The molecule has 0 N–H and O–H groups in total. The first kappa shape index (κ1) is 16.0. The van der Waals surface area contributed by atoms with Crippen LogP contribution in [0.3, 0.4) is 0 Å². The Morgan fingerprint density at radius 1 is 1.26 bits per heavy atom. The summed E-state index contributed by atoms with van der Waals surface area (Å²) in [6, 6.07) is 4.92. The normalized spacial score (nSPS) is 11.5. The maximum absolute atomic E-state index is 12.4. The molecule has 0 unspecified atom stereocenters. The van der Waals surface area contributed by atoms with Crippen molar-refractivity contribution in [2.24, 2.45) is 0 Å². The molecule has 19 heavy (non-hydrogen) atoms. The summed E-state index contributed by atoms with van der Waals surface area (Å²) in [7, 11) is 0. The number of halogens is 4. The molecule has 0 saturated heterocycles. The van der Waals surface area contributed by atoms with Gasteiger partial charge in [-0.05, 0) is 37.1 Å². The SMILES string of the molecule is Cc1ccc(C(=O)N(CCBr)CC(F)(F)F)cc1C. The van der Waals surface area contributed by atoms with Crippen LogP contribution in [0.1, 0.15) is 21.5 Å². The summed E-state index contributed by atoms with van der Waals surface area (Å²) in [5, 5.41) is 0.305. The minimum absolute atomic E-state index is 0.0191. The summed E-state index contributed by atoms with van der Waals surface area (Å²) < 4.78 is 37.3. The zero-order valence-corrected chi connectivity index (χ0v) is 12.3. The molecule has 0 aliphatic carbocycles. The van der Waals surface area contributed by atoms with Gasteiger partial charge in [0.25, 0.3) is 5.91 Å². The average molecular weight is 338 g/mol. The van der Waals surface area contributed by atoms with Crippen LogP contribution in [0.15, 0.2) is 18.2 Å². The van der Waals surface area contributed by atoms with Crippen molar-refractivity contribution in [3.8, 4) is 0 Å². The molecule has 0 saturated carbocycles. The van der Waals surface area contributed by atoms with E-state index in [0.29, 0.717) is 5.33 Å². The number of carbonyl (C=O) groups is 1. The quantitative estimate of drug-likeness (QED) is 0.767. The Bertz CT molecular complexity index is 460. The lowest BCUT2D eigenvalue weighted by Gasteiger charge is -2.23. The zero-order chi connectivity index (χ0) is 14.6. The van der Waals surface area contributed by atoms with Gasteiger partial charge in [-0.15, -0.1) is 0 Å². The largest absolute Gasteiger partial charge is 0.406 e. The van der Waals surface area contributed by atoms with Crippen molar-refractivity contribution in [3.05, 3.63) is 34.9 Å². The number of aryl methyl sites for hydroxylation is 2. The van der Waals surface area contributed by atoms with Crippen LogP contribution in [0.2, 0.25) is 0 Å². The van der Waals surface area contributed by atoms with Gasteiger partial charge in [0.15, 0.2) is 0 Å². The number of hydrogen-bond acceptors (Lipinski definition) is 1. The van der Waals surface area contributed by atoms with E-state index in [1.807, 2.05) is 13.8 Å². The number of nitrogens with zero attached hydrogens (tertiary/aromatic N) is 1. The molecule has 0 fully saturated rings. The van der Waals surface area contributed by atoms with Crippen LogP contribution >= 0.6 is 15.9 Å². The Hall–Kier alpha value is -1.04. The van der Waals surface area contributed by atoms with E-state index in [1.54, 1.807) is 18.2 Å². The fraction of sp³-hybridized carbons (Fsp3) is 0.462. The van der Waals surface area contributed by atoms with E-state index < -0.39 is 18.6 Å². The predicted molar refractivity (Wildman–Crippen MR) is 71.7 cm³/mol. The van der Waals surface area contributed by atoms with E-state index in [-0.39, 0.29) is 12.1 Å². The molecule has 0 atom stereocenters. The van der Waals surface area contributed by atoms with Gasteiger partial charge in [0.1, 0.15) is 6.54 Å². The molecule has 1 amide bonds. The summed E-state index contributed by atoms with van der Waals surface area (Å²) in [5.41, 5.74) is 2.17. The van der Waals surface area contributed by atoms with Crippen LogP contribution in [0.4, 0.5) is 13.2 Å². The van der Waals surface area contributed by atoms with E-state index in [1.165, 1.54) is 0 Å². The summed E-state index contributed by atoms with van der Waals surface area (Å²) in [6.45, 7) is 2.50. The molecule has 1 aromatic rings. The summed E-state index contributed by atoms with van der Waals surface area (Å²) in [6.07, 6.45) is -4.39. The lowest BCUT2D eigenvalue weighted by molar-refractivity contribution is -0.140. The monoisotopic (exact) mass is 337 g/mol. The fourth-order valence-electron chi connectivity index (χ4n) is 1.63. The van der Waals surface area contributed by atoms with Crippen LogP contribution in [0.5, 0.6) is 0 Å². The van der Waals surface area contributed by atoms with Crippen LogP contribution in [0, 0.1) is 13.8 Å². The van der Waals surface area contributed by atoms with E-state index in [2.05, 4.69) is 15.9 Å². The Balaban J connectivity index is 2.95. The van der Waals surface area contributed by atoms with Gasteiger partial charge in [-0.1, -0.05) is 22.0 Å². The summed E-state index contributed by atoms with van der Waals surface area (Å²) >= 11 is 3.06. The van der Waals surface area contributed by atoms with Crippen LogP contribution in [-0.2, 0) is 0 Å². The number of rotatable bonds is 4. The molecule has 0 radical (unpaired) electrons. The van der Waals surface area contributed by atoms with E-state index in [4.69, 9.17) is 0 Å². The maximum atomic E-state index is 12.4.